The van der Waals surface area contributed by atoms with Gasteiger partial charge >= 0.3 is 36.4 Å². The largest absolute Gasteiger partial charge is 0.490 e. The van der Waals surface area contributed by atoms with Crippen molar-refractivity contribution in [1.82, 2.24) is 52.8 Å². The number of halogens is 6. The molecule has 4 saturated heterocycles. The smallest absolute Gasteiger partial charge is 0.475 e. The second kappa shape index (κ2) is 40.3. The van der Waals surface area contributed by atoms with E-state index in [2.05, 4.69) is 65.0 Å². The number of ether oxygens (including phenoxy) is 5. The van der Waals surface area contributed by atoms with Gasteiger partial charge in [-0.2, -0.15) is 49.9 Å². The van der Waals surface area contributed by atoms with Crippen molar-refractivity contribution in [3.05, 3.63) is 29.3 Å². The van der Waals surface area contributed by atoms with E-state index in [1.807, 2.05) is 23.5 Å². The zero-order chi connectivity index (χ0) is 68.6. The number of benzene rings is 1. The summed E-state index contributed by atoms with van der Waals surface area (Å²) in [4.78, 5) is 96.5. The Labute approximate surface area is 548 Å². The number of nitrogens with one attached hydrogen (secondary N) is 12. The highest BCUT2D eigenvalue weighted by molar-refractivity contribution is 8.00. The predicted octanol–water partition coefficient (Wildman–Crippen LogP) is 3.17. The standard InChI is InChI=1S/C54H83N13O11S2.2C2HF3O2/c1-67(54(73)78-48-38-10-4-2-3-5-11-39(38)48)21-27-77-29-28-76-26-20-61-53(72)62-37-31-35(49(70)59-18-24-74-22-16-57-44(68)14-8-6-12-42-46-40(33-79-42)63-51(55)65-46)30-36(32-37)50(71)60-19-25-75-23-17-58-45(69)15-9-7-13-43-47-41(34-80-43)64-52(56)66-47;2*3-2(4,5)1(6)7/h30-32,38-43,46-48H,4-29,33-34H2,1H3,(H,57,68)(H,58,69)(H,59,70)(H,60,71)(H3,55,63,65)(H3,56,64,66)(H2,61,62,72);2*(H,6,7)/t38-,39+,40-,41-,42-,43-,46-,47-,48?;;/m0../s1. The fraction of sp³-hybridized carbons (Fsp3) is 0.690. The van der Waals surface area contributed by atoms with E-state index < -0.39 is 42.1 Å². The van der Waals surface area contributed by atoms with E-state index >= 15 is 0 Å². The molecule has 2 aliphatic carbocycles. The van der Waals surface area contributed by atoms with Gasteiger partial charge in [-0.15, -0.1) is 11.8 Å². The fourth-order valence-corrected chi connectivity index (χ4v) is 13.5. The molecule has 0 aromatic heterocycles. The number of likely N-dealkylation sites (N-methyl/N-ethyl adjacent to an activating group) is 1. The van der Waals surface area contributed by atoms with Crippen LogP contribution in [0.4, 0.5) is 41.6 Å². The van der Waals surface area contributed by atoms with E-state index in [9.17, 15) is 55.1 Å². The van der Waals surface area contributed by atoms with Gasteiger partial charge in [0.2, 0.25) is 11.8 Å². The SMILES string of the molecule is CN(CCOCCOCCNC(=O)Nc1cc(C(=O)NCCOCCNC(=O)CCCC[C@@H]2SC[C@@H]3NC(=N)N[C@@H]32)cc(C(=O)NCCOCCNC(=O)CCCC[C@@H]2SC[C@@H]3NC(=N)N[C@@H]32)c1)C(=O)OC1[C@H]2CCC#CCC[C@@H]12.O=C(O)C(F)(F)F.O=C(O)C(F)(F)F. The second-order valence-corrected chi connectivity index (χ2v) is 24.8. The maximum atomic E-state index is 13.4. The van der Waals surface area contributed by atoms with Gasteiger partial charge < -0.3 is 92.0 Å². The van der Waals surface area contributed by atoms with Gasteiger partial charge in [-0.25, -0.2) is 19.2 Å². The van der Waals surface area contributed by atoms with E-state index in [4.69, 9.17) is 54.3 Å². The number of rotatable bonds is 35. The van der Waals surface area contributed by atoms with Gasteiger partial charge in [-0.3, -0.25) is 30.0 Å². The van der Waals surface area contributed by atoms with Crippen molar-refractivity contribution in [2.24, 2.45) is 11.8 Å². The summed E-state index contributed by atoms with van der Waals surface area (Å²) in [5.74, 6) is 3.30. The third kappa shape index (κ3) is 28.8. The molecule has 28 nitrogen and oxygen atoms in total. The van der Waals surface area contributed by atoms with Crippen LogP contribution in [-0.4, -0.2) is 239 Å². The number of hydrogen-bond donors (Lipinski definition) is 14. The summed E-state index contributed by atoms with van der Waals surface area (Å²) in [5.41, 5.74) is 0.445. The first-order chi connectivity index (χ1) is 44.8. The van der Waals surface area contributed by atoms with Crippen LogP contribution in [0.25, 0.3) is 0 Å². The summed E-state index contributed by atoms with van der Waals surface area (Å²) in [6.07, 6.45) is -0.675. The fourth-order valence-electron chi connectivity index (χ4n) is 10.4. The molecule has 0 bridgehead atoms. The molecule has 6 aliphatic rings. The number of urea groups is 1. The van der Waals surface area contributed by atoms with Crippen LogP contribution >= 0.6 is 23.5 Å². The van der Waals surface area contributed by atoms with Crippen molar-refractivity contribution in [2.75, 3.05) is 116 Å². The van der Waals surface area contributed by atoms with Gasteiger partial charge in [-0.05, 0) is 56.7 Å². The first kappa shape index (κ1) is 77.5. The third-order valence-corrected chi connectivity index (χ3v) is 18.2. The van der Waals surface area contributed by atoms with E-state index in [-0.39, 0.29) is 119 Å². The highest BCUT2D eigenvalue weighted by atomic mass is 32.2. The van der Waals surface area contributed by atoms with Crippen molar-refractivity contribution >= 4 is 88.8 Å². The lowest BCUT2D eigenvalue weighted by molar-refractivity contribution is -0.193. The number of unbranched alkanes of at least 4 members (excludes halogenated alkanes) is 2. The molecule has 1 saturated carbocycles. The Bertz CT molecular complexity index is 2630. The number of nitrogens with zero attached hydrogens (tertiary/aromatic N) is 1. The van der Waals surface area contributed by atoms with Gasteiger partial charge in [0.05, 0.1) is 77.0 Å². The van der Waals surface area contributed by atoms with Crippen LogP contribution in [0, 0.1) is 34.5 Å². The Morgan fingerprint density at radius 2 is 0.989 bits per heavy atom. The molecule has 1 aromatic rings. The van der Waals surface area contributed by atoms with Crippen molar-refractivity contribution in [1.29, 1.82) is 10.8 Å². The molecule has 526 valence electrons. The van der Waals surface area contributed by atoms with Crippen molar-refractivity contribution < 1.29 is 98.6 Å². The average molecular weight is 1380 g/mol. The number of carboxylic acids is 2. The van der Waals surface area contributed by atoms with Crippen molar-refractivity contribution in [3.63, 3.8) is 0 Å². The second-order valence-electron chi connectivity index (χ2n) is 22.3. The zero-order valence-corrected chi connectivity index (χ0v) is 53.6. The first-order valence-corrected chi connectivity index (χ1v) is 32.9. The van der Waals surface area contributed by atoms with E-state index in [1.165, 1.54) is 23.1 Å². The molecular weight excluding hydrogens is 1300 g/mol. The number of hydrogen-bond acceptors (Lipinski definition) is 17. The lowest BCUT2D eigenvalue weighted by atomic mass is 10.0. The van der Waals surface area contributed by atoms with Crippen molar-refractivity contribution in [2.45, 2.75) is 130 Å². The van der Waals surface area contributed by atoms with Gasteiger partial charge in [0, 0.05) is 123 Å². The Morgan fingerprint density at radius 1 is 0.585 bits per heavy atom. The average Bonchev–Trinajstić information content (AvgIpc) is 1.63. The quantitative estimate of drug-likeness (QED) is 0.0264. The van der Waals surface area contributed by atoms with E-state index in [0.29, 0.717) is 85.4 Å². The molecule has 9 atom stereocenters. The lowest BCUT2D eigenvalue weighted by Gasteiger charge is -2.17. The molecular formula is C58H85F6N13O15S2. The number of fused-ring (bicyclic) bond motifs is 3. The number of carbonyl (C=O) groups is 8. The monoisotopic (exact) mass is 1380 g/mol. The molecule has 7 rings (SSSR count). The van der Waals surface area contributed by atoms with Gasteiger partial charge in [0.15, 0.2) is 11.9 Å². The molecule has 14 N–H and O–H groups in total. The Hall–Kier alpha value is -7.20. The molecule has 94 heavy (non-hydrogen) atoms. The van der Waals surface area contributed by atoms with Crippen LogP contribution in [0.5, 0.6) is 0 Å². The van der Waals surface area contributed by atoms with Crippen LogP contribution in [0.3, 0.4) is 0 Å². The number of anilines is 1. The molecule has 7 amide bonds. The summed E-state index contributed by atoms with van der Waals surface area (Å²) in [5, 5.41) is 60.2. The Balaban J connectivity index is 0.00000103. The van der Waals surface area contributed by atoms with Gasteiger partial charge in [0.25, 0.3) is 11.8 Å². The molecule has 36 heteroatoms. The molecule has 1 unspecified atom stereocenters. The number of amides is 7. The van der Waals surface area contributed by atoms with Crippen molar-refractivity contribution in [3.8, 4) is 11.8 Å². The van der Waals surface area contributed by atoms with E-state index in [0.717, 1.165) is 75.7 Å². The molecule has 0 radical (unpaired) electrons. The number of alkyl halides is 6. The number of thioether (sulfide) groups is 2. The minimum Gasteiger partial charge on any atom is -0.475 e. The Morgan fingerprint density at radius 3 is 1.43 bits per heavy atom. The van der Waals surface area contributed by atoms with Crippen LogP contribution in [-0.2, 0) is 42.9 Å². The minimum absolute atomic E-state index is 0.0307. The Kier molecular flexibility index (Phi) is 33.2. The first-order valence-electron chi connectivity index (χ1n) is 30.9. The molecule has 1 aromatic carbocycles. The minimum atomic E-state index is -5.08. The maximum absolute atomic E-state index is 13.4. The topological polar surface area (TPSA) is 394 Å². The number of aliphatic carboxylic acids is 2. The summed E-state index contributed by atoms with van der Waals surface area (Å²) in [7, 11) is 1.69. The normalized spacial score (nSPS) is 22.0. The molecule has 0 spiro atoms. The summed E-state index contributed by atoms with van der Waals surface area (Å²) in [6, 6.07) is 4.92. The van der Waals surface area contributed by atoms with Crippen LogP contribution in [0.2, 0.25) is 0 Å². The zero-order valence-electron chi connectivity index (χ0n) is 52.0. The lowest BCUT2D eigenvalue weighted by Crippen LogP contribution is -2.36. The van der Waals surface area contributed by atoms with Gasteiger partial charge in [0.1, 0.15) is 6.10 Å². The number of guanidine groups is 2. The number of carbonyl (C=O) groups excluding carboxylic acids is 6. The number of carboxylic acid groups (broad SMARTS) is 2. The van der Waals surface area contributed by atoms with E-state index in [1.54, 1.807) is 7.05 Å². The highest BCUT2D eigenvalue weighted by Gasteiger charge is 2.52. The summed E-state index contributed by atoms with van der Waals surface area (Å²) >= 11 is 3.82. The van der Waals surface area contributed by atoms with Crippen LogP contribution < -0.4 is 53.2 Å². The third-order valence-electron chi connectivity index (χ3n) is 15.2. The predicted molar refractivity (Wildman–Crippen MR) is 334 cm³/mol. The molecule has 5 fully saturated rings. The molecule has 4 heterocycles. The molecule has 4 aliphatic heterocycles. The van der Waals surface area contributed by atoms with Crippen LogP contribution in [0.1, 0.15) is 97.8 Å². The van der Waals surface area contributed by atoms with Crippen LogP contribution in [0.15, 0.2) is 18.2 Å². The summed E-state index contributed by atoms with van der Waals surface area (Å²) in [6.45, 7) is 3.38. The highest BCUT2D eigenvalue weighted by Crippen LogP contribution is 2.48. The summed E-state index contributed by atoms with van der Waals surface area (Å²) < 4.78 is 91.8. The van der Waals surface area contributed by atoms with Gasteiger partial charge in [-0.1, -0.05) is 12.8 Å². The maximum Gasteiger partial charge on any atom is 0.490 e.